The van der Waals surface area contributed by atoms with E-state index in [1.54, 1.807) is 13.3 Å². The Morgan fingerprint density at radius 1 is 1.07 bits per heavy atom. The summed E-state index contributed by atoms with van der Waals surface area (Å²) in [5, 5.41) is 6.15. The highest BCUT2D eigenvalue weighted by Gasteiger charge is 2.12. The summed E-state index contributed by atoms with van der Waals surface area (Å²) in [7, 11) is 1.66. The van der Waals surface area contributed by atoms with Gasteiger partial charge in [0, 0.05) is 12.2 Å². The molecule has 150 valence electrons. The fraction of sp³-hybridized carbons (Fsp3) is 0.261. The van der Waals surface area contributed by atoms with Crippen LogP contribution in [-0.4, -0.2) is 29.5 Å². The zero-order valence-electron chi connectivity index (χ0n) is 17.0. The molecule has 6 heteroatoms. The Morgan fingerprint density at radius 3 is 2.62 bits per heavy atom. The van der Waals surface area contributed by atoms with Crippen molar-refractivity contribution < 1.29 is 9.53 Å². The summed E-state index contributed by atoms with van der Waals surface area (Å²) in [6, 6.07) is 15.7. The normalized spacial score (nSPS) is 10.6. The van der Waals surface area contributed by atoms with Crippen LogP contribution in [0, 0.1) is 0 Å². The molecule has 1 amide bonds. The van der Waals surface area contributed by atoms with Gasteiger partial charge in [-0.25, -0.2) is 9.97 Å². The van der Waals surface area contributed by atoms with E-state index in [-0.39, 0.29) is 11.6 Å². The highest BCUT2D eigenvalue weighted by atomic mass is 16.5. The Balaban J connectivity index is 1.56. The summed E-state index contributed by atoms with van der Waals surface area (Å²) in [5.74, 6) is 1.52. The van der Waals surface area contributed by atoms with Gasteiger partial charge in [0.15, 0.2) is 0 Å². The number of nitrogens with zero attached hydrogens (tertiary/aromatic N) is 2. The van der Waals surface area contributed by atoms with Gasteiger partial charge in [-0.2, -0.15) is 0 Å². The minimum atomic E-state index is -0.270. The monoisotopic (exact) mass is 390 g/mol. The number of amides is 1. The molecule has 0 aliphatic heterocycles. The number of carbonyl (C=O) groups is 1. The lowest BCUT2D eigenvalue weighted by atomic mass is 10.0. The lowest BCUT2D eigenvalue weighted by Gasteiger charge is -2.13. The second kappa shape index (κ2) is 9.68. The van der Waals surface area contributed by atoms with E-state index in [1.807, 2.05) is 42.5 Å². The van der Waals surface area contributed by atoms with Crippen LogP contribution in [0.1, 0.15) is 41.4 Å². The van der Waals surface area contributed by atoms with Crippen LogP contribution in [0.3, 0.4) is 0 Å². The number of benzene rings is 2. The SMILES string of the molecule is COc1cccc(CCNc2cnc(C(=O)Nc3ccccc3C(C)C)cn2)c1. The van der Waals surface area contributed by atoms with E-state index in [0.29, 0.717) is 18.3 Å². The van der Waals surface area contributed by atoms with Gasteiger partial charge in [0.05, 0.1) is 19.5 Å². The van der Waals surface area contributed by atoms with Crippen LogP contribution in [-0.2, 0) is 6.42 Å². The molecule has 0 unspecified atom stereocenters. The number of hydrogen-bond donors (Lipinski definition) is 2. The second-order valence-corrected chi connectivity index (χ2v) is 7.01. The number of aromatic nitrogens is 2. The maximum atomic E-state index is 12.5. The van der Waals surface area contributed by atoms with Crippen molar-refractivity contribution in [3.63, 3.8) is 0 Å². The molecule has 1 heterocycles. The Hall–Kier alpha value is -3.41. The number of hydrogen-bond acceptors (Lipinski definition) is 5. The molecule has 0 aliphatic carbocycles. The molecule has 0 aliphatic rings. The molecular formula is C23H26N4O2. The lowest BCUT2D eigenvalue weighted by Crippen LogP contribution is -2.16. The van der Waals surface area contributed by atoms with Gasteiger partial charge in [0.1, 0.15) is 17.3 Å². The van der Waals surface area contributed by atoms with Gasteiger partial charge in [0.2, 0.25) is 0 Å². The molecule has 0 fully saturated rings. The van der Waals surface area contributed by atoms with Crippen molar-refractivity contribution in [3.05, 3.63) is 77.7 Å². The van der Waals surface area contributed by atoms with E-state index in [9.17, 15) is 4.79 Å². The minimum absolute atomic E-state index is 0.270. The van der Waals surface area contributed by atoms with E-state index < -0.39 is 0 Å². The number of nitrogens with one attached hydrogen (secondary N) is 2. The fourth-order valence-electron chi connectivity index (χ4n) is 3.00. The molecule has 0 radical (unpaired) electrons. The van der Waals surface area contributed by atoms with Crippen molar-refractivity contribution in [3.8, 4) is 5.75 Å². The third-order valence-electron chi connectivity index (χ3n) is 4.57. The van der Waals surface area contributed by atoms with Gasteiger partial charge < -0.3 is 15.4 Å². The average Bonchev–Trinajstić information content (AvgIpc) is 2.74. The van der Waals surface area contributed by atoms with Crippen LogP contribution in [0.2, 0.25) is 0 Å². The van der Waals surface area contributed by atoms with E-state index in [0.717, 1.165) is 23.4 Å². The number of methoxy groups -OCH3 is 1. The Bertz CT molecular complexity index is 955. The van der Waals surface area contributed by atoms with Crippen molar-refractivity contribution in [1.29, 1.82) is 0 Å². The first kappa shape index (κ1) is 20.3. The van der Waals surface area contributed by atoms with E-state index in [2.05, 4.69) is 40.5 Å². The van der Waals surface area contributed by atoms with Crippen molar-refractivity contribution in [2.45, 2.75) is 26.2 Å². The number of rotatable bonds is 8. The average molecular weight is 390 g/mol. The summed E-state index contributed by atoms with van der Waals surface area (Å²) in [6.45, 7) is 4.89. The van der Waals surface area contributed by atoms with Crippen LogP contribution >= 0.6 is 0 Å². The molecule has 2 N–H and O–H groups in total. The molecule has 29 heavy (non-hydrogen) atoms. The Kier molecular flexibility index (Phi) is 6.79. The number of carbonyl (C=O) groups excluding carboxylic acids is 1. The van der Waals surface area contributed by atoms with Crippen LogP contribution < -0.4 is 15.4 Å². The number of anilines is 2. The van der Waals surface area contributed by atoms with Crippen LogP contribution in [0.4, 0.5) is 11.5 Å². The van der Waals surface area contributed by atoms with Gasteiger partial charge in [-0.3, -0.25) is 4.79 Å². The highest BCUT2D eigenvalue weighted by molar-refractivity contribution is 6.03. The first-order chi connectivity index (χ1) is 14.1. The molecule has 3 aromatic rings. The first-order valence-corrected chi connectivity index (χ1v) is 9.66. The number of ether oxygens (including phenoxy) is 1. The quantitative estimate of drug-likeness (QED) is 0.592. The Morgan fingerprint density at radius 2 is 1.90 bits per heavy atom. The summed E-state index contributed by atoms with van der Waals surface area (Å²) in [4.78, 5) is 21.1. The molecule has 0 bridgehead atoms. The standard InChI is InChI=1S/C23H26N4O2/c1-16(2)19-9-4-5-10-20(19)27-23(28)21-14-26-22(15-25-21)24-12-11-17-7-6-8-18(13-17)29-3/h4-10,13-16H,11-12H2,1-3H3,(H,24,26)(H,27,28). The number of para-hydroxylation sites is 1. The molecule has 0 saturated heterocycles. The predicted octanol–water partition coefficient (Wildman–Crippen LogP) is 4.52. The largest absolute Gasteiger partial charge is 0.497 e. The fourth-order valence-corrected chi connectivity index (χ4v) is 3.00. The molecule has 3 rings (SSSR count). The van der Waals surface area contributed by atoms with E-state index in [1.165, 1.54) is 11.8 Å². The van der Waals surface area contributed by atoms with E-state index in [4.69, 9.17) is 4.74 Å². The second-order valence-electron chi connectivity index (χ2n) is 7.01. The summed E-state index contributed by atoms with van der Waals surface area (Å²) in [5.41, 5.74) is 3.34. The highest BCUT2D eigenvalue weighted by Crippen LogP contribution is 2.24. The van der Waals surface area contributed by atoms with Gasteiger partial charge >= 0.3 is 0 Å². The Labute approximate surface area is 171 Å². The zero-order chi connectivity index (χ0) is 20.6. The third kappa shape index (κ3) is 5.54. The molecular weight excluding hydrogens is 364 g/mol. The summed E-state index contributed by atoms with van der Waals surface area (Å²) >= 11 is 0. The maximum Gasteiger partial charge on any atom is 0.275 e. The molecule has 0 spiro atoms. The van der Waals surface area contributed by atoms with Crippen LogP contribution in [0.15, 0.2) is 60.9 Å². The first-order valence-electron chi connectivity index (χ1n) is 9.66. The van der Waals surface area contributed by atoms with Crippen LogP contribution in [0.25, 0.3) is 0 Å². The lowest BCUT2D eigenvalue weighted by molar-refractivity contribution is 0.102. The van der Waals surface area contributed by atoms with Gasteiger partial charge in [-0.1, -0.05) is 44.2 Å². The van der Waals surface area contributed by atoms with Crippen molar-refractivity contribution in [2.75, 3.05) is 24.3 Å². The van der Waals surface area contributed by atoms with E-state index >= 15 is 0 Å². The van der Waals surface area contributed by atoms with Gasteiger partial charge in [-0.05, 0) is 41.7 Å². The zero-order valence-corrected chi connectivity index (χ0v) is 17.0. The van der Waals surface area contributed by atoms with Crippen molar-refractivity contribution >= 4 is 17.4 Å². The van der Waals surface area contributed by atoms with Gasteiger partial charge in [-0.15, -0.1) is 0 Å². The topological polar surface area (TPSA) is 76.1 Å². The minimum Gasteiger partial charge on any atom is -0.497 e. The van der Waals surface area contributed by atoms with Crippen molar-refractivity contribution in [2.24, 2.45) is 0 Å². The molecule has 2 aromatic carbocycles. The summed E-state index contributed by atoms with van der Waals surface area (Å²) in [6.07, 6.45) is 3.89. The molecule has 6 nitrogen and oxygen atoms in total. The smallest absolute Gasteiger partial charge is 0.275 e. The maximum absolute atomic E-state index is 12.5. The predicted molar refractivity (Wildman–Crippen MR) is 116 cm³/mol. The third-order valence-corrected chi connectivity index (χ3v) is 4.57. The molecule has 0 saturated carbocycles. The van der Waals surface area contributed by atoms with Crippen molar-refractivity contribution in [1.82, 2.24) is 9.97 Å². The molecule has 1 aromatic heterocycles. The van der Waals surface area contributed by atoms with Gasteiger partial charge in [0.25, 0.3) is 5.91 Å². The summed E-state index contributed by atoms with van der Waals surface area (Å²) < 4.78 is 5.24. The molecule has 0 atom stereocenters. The van der Waals surface area contributed by atoms with Crippen LogP contribution in [0.5, 0.6) is 5.75 Å².